The van der Waals surface area contributed by atoms with E-state index in [1.54, 1.807) is 27.0 Å². The maximum atomic E-state index is 12.4. The number of alkyl carbamates (subject to hydrolysis) is 1. The van der Waals surface area contributed by atoms with Gasteiger partial charge in [0.25, 0.3) is 0 Å². The van der Waals surface area contributed by atoms with Crippen LogP contribution in [0.4, 0.5) is 10.7 Å². The van der Waals surface area contributed by atoms with Gasteiger partial charge in [-0.1, -0.05) is 29.8 Å². The van der Waals surface area contributed by atoms with Crippen molar-refractivity contribution < 1.29 is 14.3 Å². The number of ether oxygens (including phenoxy) is 1. The summed E-state index contributed by atoms with van der Waals surface area (Å²) in [5, 5.41) is 10.7. The van der Waals surface area contributed by atoms with Crippen LogP contribution in [-0.2, 0) is 9.53 Å². The summed E-state index contributed by atoms with van der Waals surface area (Å²) in [5.74, 6) is 0.416. The van der Waals surface area contributed by atoms with Crippen molar-refractivity contribution in [3.63, 3.8) is 0 Å². The van der Waals surface area contributed by atoms with Crippen LogP contribution in [0.5, 0.6) is 0 Å². The van der Waals surface area contributed by atoms with Crippen LogP contribution in [0.3, 0.4) is 0 Å². The molecule has 1 aromatic carbocycles. The van der Waals surface area contributed by atoms with Crippen LogP contribution in [0.1, 0.15) is 52.9 Å². The van der Waals surface area contributed by atoms with Gasteiger partial charge in [-0.05, 0) is 52.5 Å². The minimum Gasteiger partial charge on any atom is -0.444 e. The topological polar surface area (TPSA) is 121 Å². The summed E-state index contributed by atoms with van der Waals surface area (Å²) < 4.78 is 5.19. The molecule has 1 aliphatic rings. The van der Waals surface area contributed by atoms with Gasteiger partial charge in [0, 0.05) is 47.7 Å². The van der Waals surface area contributed by atoms with E-state index in [1.165, 1.54) is 0 Å². The third-order valence-electron chi connectivity index (χ3n) is 5.98. The molecule has 2 amide bonds. The van der Waals surface area contributed by atoms with Crippen molar-refractivity contribution in [2.45, 2.75) is 70.6 Å². The molecule has 1 fully saturated rings. The third kappa shape index (κ3) is 6.87. The number of halogens is 1. The Labute approximate surface area is 215 Å². The number of carbonyl (C=O) groups excluding carboxylic acids is 2. The van der Waals surface area contributed by atoms with Crippen LogP contribution in [0.15, 0.2) is 36.7 Å². The number of aromatic amines is 1. The lowest BCUT2D eigenvalue weighted by atomic mass is 9.91. The SMILES string of the molecule is CC(C)(C)OC(=O)NCCC(=O)N[C@H]1CCC[C@@H](Nc2ncc(Cl)c(-c3c[nH]c4ccccc34)n2)C1. The summed E-state index contributed by atoms with van der Waals surface area (Å²) in [5.41, 5.74) is 2.05. The normalized spacial score (nSPS) is 18.0. The third-order valence-corrected chi connectivity index (χ3v) is 6.26. The molecule has 2 aromatic heterocycles. The Morgan fingerprint density at radius 1 is 1.19 bits per heavy atom. The fourth-order valence-electron chi connectivity index (χ4n) is 4.42. The summed E-state index contributed by atoms with van der Waals surface area (Å²) in [4.78, 5) is 36.5. The molecule has 1 saturated carbocycles. The molecule has 2 atom stereocenters. The van der Waals surface area contributed by atoms with E-state index < -0.39 is 11.7 Å². The molecule has 1 aliphatic carbocycles. The Balaban J connectivity index is 1.31. The Bertz CT molecular complexity index is 1220. The van der Waals surface area contributed by atoms with Gasteiger partial charge in [-0.2, -0.15) is 0 Å². The minimum atomic E-state index is -0.569. The maximum absolute atomic E-state index is 12.4. The molecule has 2 heterocycles. The van der Waals surface area contributed by atoms with Crippen molar-refractivity contribution in [3.05, 3.63) is 41.7 Å². The lowest BCUT2D eigenvalue weighted by Crippen LogP contribution is -2.43. The van der Waals surface area contributed by atoms with Crippen LogP contribution < -0.4 is 16.0 Å². The standard InChI is InChI=1S/C26H33ClN6O3/c1-26(2,3)36-25(35)28-12-11-22(34)31-16-7-6-8-17(13-16)32-24-30-15-20(27)23(33-24)19-14-29-21-10-5-4-9-18(19)21/h4-5,9-10,14-17,29H,6-8,11-13H2,1-3H3,(H,28,35)(H,31,34)(H,30,32,33)/t16-,17+/m0/s1. The average Bonchev–Trinajstić information content (AvgIpc) is 3.23. The second-order valence-corrected chi connectivity index (χ2v) is 10.5. The second kappa shape index (κ2) is 11.2. The minimum absolute atomic E-state index is 0.0469. The molecule has 10 heteroatoms. The number of fused-ring (bicyclic) bond motifs is 1. The van der Waals surface area contributed by atoms with E-state index in [4.69, 9.17) is 21.3 Å². The Morgan fingerprint density at radius 2 is 1.97 bits per heavy atom. The van der Waals surface area contributed by atoms with Crippen LogP contribution in [0, 0.1) is 0 Å². The zero-order valence-corrected chi connectivity index (χ0v) is 21.6. The van der Waals surface area contributed by atoms with Gasteiger partial charge in [0.2, 0.25) is 11.9 Å². The predicted molar refractivity (Wildman–Crippen MR) is 141 cm³/mol. The summed E-state index contributed by atoms with van der Waals surface area (Å²) in [6, 6.07) is 8.18. The summed E-state index contributed by atoms with van der Waals surface area (Å²) >= 11 is 6.46. The molecule has 36 heavy (non-hydrogen) atoms. The quantitative estimate of drug-likeness (QED) is 0.352. The Hall–Kier alpha value is -3.33. The first-order chi connectivity index (χ1) is 17.2. The highest BCUT2D eigenvalue weighted by atomic mass is 35.5. The number of nitrogens with zero attached hydrogens (tertiary/aromatic N) is 2. The highest BCUT2D eigenvalue weighted by Gasteiger charge is 2.24. The van der Waals surface area contributed by atoms with E-state index in [9.17, 15) is 9.59 Å². The molecule has 9 nitrogen and oxygen atoms in total. The van der Waals surface area contributed by atoms with Crippen molar-refractivity contribution in [1.82, 2.24) is 25.6 Å². The molecule has 0 saturated heterocycles. The molecule has 4 N–H and O–H groups in total. The zero-order chi connectivity index (χ0) is 25.7. The molecular weight excluding hydrogens is 480 g/mol. The van der Waals surface area contributed by atoms with Gasteiger partial charge in [-0.3, -0.25) is 4.79 Å². The number of anilines is 1. The first-order valence-corrected chi connectivity index (χ1v) is 12.7. The monoisotopic (exact) mass is 512 g/mol. The van der Waals surface area contributed by atoms with E-state index >= 15 is 0 Å². The fourth-order valence-corrected chi connectivity index (χ4v) is 4.61. The number of rotatable bonds is 7. The van der Waals surface area contributed by atoms with Gasteiger partial charge in [0.15, 0.2) is 0 Å². The summed E-state index contributed by atoms with van der Waals surface area (Å²) in [7, 11) is 0. The summed E-state index contributed by atoms with van der Waals surface area (Å²) in [6.45, 7) is 5.62. The highest BCUT2D eigenvalue weighted by molar-refractivity contribution is 6.33. The average molecular weight is 513 g/mol. The molecule has 0 unspecified atom stereocenters. The number of nitrogens with one attached hydrogen (secondary N) is 4. The number of hydrogen-bond acceptors (Lipinski definition) is 6. The Morgan fingerprint density at radius 3 is 2.78 bits per heavy atom. The van der Waals surface area contributed by atoms with Crippen molar-refractivity contribution in [2.24, 2.45) is 0 Å². The van der Waals surface area contributed by atoms with E-state index in [0.717, 1.165) is 42.1 Å². The first-order valence-electron chi connectivity index (χ1n) is 12.3. The van der Waals surface area contributed by atoms with Crippen molar-refractivity contribution in [3.8, 4) is 11.3 Å². The zero-order valence-electron chi connectivity index (χ0n) is 20.9. The van der Waals surface area contributed by atoms with E-state index in [-0.39, 0.29) is 31.0 Å². The lowest BCUT2D eigenvalue weighted by Gasteiger charge is -2.30. The van der Waals surface area contributed by atoms with Crippen LogP contribution in [0.25, 0.3) is 22.2 Å². The number of aromatic nitrogens is 3. The van der Waals surface area contributed by atoms with Gasteiger partial charge in [-0.15, -0.1) is 0 Å². The predicted octanol–water partition coefficient (Wildman–Crippen LogP) is 5.03. The summed E-state index contributed by atoms with van der Waals surface area (Å²) in [6.07, 6.45) is 6.81. The Kier molecular flexibility index (Phi) is 7.98. The molecule has 0 aliphatic heterocycles. The lowest BCUT2D eigenvalue weighted by molar-refractivity contribution is -0.121. The van der Waals surface area contributed by atoms with E-state index in [1.807, 2.05) is 30.5 Å². The molecule has 0 radical (unpaired) electrons. The van der Waals surface area contributed by atoms with Gasteiger partial charge < -0.3 is 25.7 Å². The molecule has 4 rings (SSSR count). The molecular formula is C26H33ClN6O3. The molecule has 3 aromatic rings. The number of amides is 2. The van der Waals surface area contributed by atoms with Crippen LogP contribution in [-0.4, -0.2) is 51.2 Å². The van der Waals surface area contributed by atoms with Gasteiger partial charge in [-0.25, -0.2) is 14.8 Å². The molecule has 0 bridgehead atoms. The van der Waals surface area contributed by atoms with Crippen LogP contribution >= 0.6 is 11.6 Å². The second-order valence-electron chi connectivity index (χ2n) is 10.1. The van der Waals surface area contributed by atoms with Crippen molar-refractivity contribution in [1.29, 1.82) is 0 Å². The van der Waals surface area contributed by atoms with Crippen molar-refractivity contribution >= 4 is 40.5 Å². The number of H-pyrrole nitrogens is 1. The van der Waals surface area contributed by atoms with Gasteiger partial charge in [0.05, 0.1) is 16.9 Å². The van der Waals surface area contributed by atoms with E-state index in [0.29, 0.717) is 16.7 Å². The number of hydrogen-bond donors (Lipinski definition) is 4. The fraction of sp³-hybridized carbons (Fsp3) is 0.462. The number of para-hydroxylation sites is 1. The highest BCUT2D eigenvalue weighted by Crippen LogP contribution is 2.32. The number of carbonyl (C=O) groups is 2. The van der Waals surface area contributed by atoms with E-state index in [2.05, 4.69) is 25.9 Å². The maximum Gasteiger partial charge on any atom is 0.407 e. The smallest absolute Gasteiger partial charge is 0.407 e. The molecule has 0 spiro atoms. The van der Waals surface area contributed by atoms with Crippen molar-refractivity contribution in [2.75, 3.05) is 11.9 Å². The van der Waals surface area contributed by atoms with Crippen LogP contribution in [0.2, 0.25) is 5.02 Å². The molecule has 192 valence electrons. The largest absolute Gasteiger partial charge is 0.444 e. The first kappa shape index (κ1) is 25.8. The number of benzene rings is 1. The van der Waals surface area contributed by atoms with Gasteiger partial charge >= 0.3 is 6.09 Å². The van der Waals surface area contributed by atoms with Gasteiger partial charge in [0.1, 0.15) is 5.60 Å².